The van der Waals surface area contributed by atoms with Crippen LogP contribution < -0.4 is 5.32 Å². The Morgan fingerprint density at radius 2 is 2.00 bits per heavy atom. The van der Waals surface area contributed by atoms with Crippen LogP contribution in [0.2, 0.25) is 0 Å². The molecule has 0 aromatic heterocycles. The molecule has 1 fully saturated rings. The molecule has 0 saturated heterocycles. The normalized spacial score (nSPS) is 22.6. The second-order valence-electron chi connectivity index (χ2n) is 5.12. The summed E-state index contributed by atoms with van der Waals surface area (Å²) in [5.74, 6) is -1.33. The molecule has 108 valence electrons. The van der Waals surface area contributed by atoms with E-state index in [1.54, 1.807) is 7.11 Å². The van der Waals surface area contributed by atoms with Gasteiger partial charge in [-0.1, -0.05) is 30.3 Å². The molecule has 1 amide bonds. The fourth-order valence-electron chi connectivity index (χ4n) is 2.31. The van der Waals surface area contributed by atoms with Crippen LogP contribution in [-0.2, 0) is 20.7 Å². The molecule has 1 aliphatic rings. The maximum atomic E-state index is 12.0. The lowest BCUT2D eigenvalue weighted by molar-refractivity contribution is -0.144. The number of rotatable bonds is 6. The molecule has 0 radical (unpaired) electrons. The quantitative estimate of drug-likeness (QED) is 0.820. The van der Waals surface area contributed by atoms with E-state index in [9.17, 15) is 14.7 Å². The average Bonchev–Trinajstić information content (AvgIpc) is 2.38. The number of carboxylic acids is 1. The van der Waals surface area contributed by atoms with Gasteiger partial charge in [-0.05, 0) is 18.4 Å². The highest BCUT2D eigenvalue weighted by Gasteiger charge is 2.36. The second kappa shape index (κ2) is 6.52. The number of carboxylic acid groups (broad SMARTS) is 1. The van der Waals surface area contributed by atoms with Crippen LogP contribution in [0.25, 0.3) is 0 Å². The summed E-state index contributed by atoms with van der Waals surface area (Å²) in [6, 6.07) is 8.40. The Morgan fingerprint density at radius 1 is 1.35 bits per heavy atom. The van der Waals surface area contributed by atoms with E-state index in [1.165, 1.54) is 0 Å². The van der Waals surface area contributed by atoms with E-state index in [4.69, 9.17) is 4.74 Å². The SMILES string of the molecule is COC1CC(C(=O)N[C@H](Cc2ccccc2)C(=O)O)C1. The highest BCUT2D eigenvalue weighted by Crippen LogP contribution is 2.29. The Hall–Kier alpha value is -1.88. The topological polar surface area (TPSA) is 75.6 Å². The van der Waals surface area contributed by atoms with Gasteiger partial charge in [0.15, 0.2) is 0 Å². The molecular weight excluding hydrogens is 258 g/mol. The van der Waals surface area contributed by atoms with Crippen LogP contribution in [-0.4, -0.2) is 36.2 Å². The second-order valence-corrected chi connectivity index (χ2v) is 5.12. The Kier molecular flexibility index (Phi) is 4.74. The summed E-state index contributed by atoms with van der Waals surface area (Å²) in [6.07, 6.45) is 1.76. The Balaban J connectivity index is 1.90. The predicted molar refractivity (Wildman–Crippen MR) is 73.2 cm³/mol. The monoisotopic (exact) mass is 277 g/mol. The number of aliphatic carboxylic acids is 1. The maximum absolute atomic E-state index is 12.0. The van der Waals surface area contributed by atoms with Gasteiger partial charge in [-0.15, -0.1) is 0 Å². The highest BCUT2D eigenvalue weighted by atomic mass is 16.5. The Bertz CT molecular complexity index is 468. The van der Waals surface area contributed by atoms with Gasteiger partial charge in [0.05, 0.1) is 6.10 Å². The van der Waals surface area contributed by atoms with Crippen molar-refractivity contribution >= 4 is 11.9 Å². The van der Waals surface area contributed by atoms with E-state index < -0.39 is 12.0 Å². The summed E-state index contributed by atoms with van der Waals surface area (Å²) in [7, 11) is 1.62. The Morgan fingerprint density at radius 3 is 2.55 bits per heavy atom. The molecular formula is C15H19NO4. The molecule has 5 heteroatoms. The number of hydrogen-bond acceptors (Lipinski definition) is 3. The van der Waals surface area contributed by atoms with Gasteiger partial charge in [0.2, 0.25) is 5.91 Å². The summed E-state index contributed by atoms with van der Waals surface area (Å²) in [5, 5.41) is 11.8. The van der Waals surface area contributed by atoms with Crippen LogP contribution in [0.4, 0.5) is 0 Å². The number of carbonyl (C=O) groups excluding carboxylic acids is 1. The standard InChI is InChI=1S/C15H19NO4/c1-20-12-8-11(9-12)14(17)16-13(15(18)19)7-10-5-3-2-4-6-10/h2-6,11-13H,7-9H2,1H3,(H,16,17)(H,18,19)/t11?,12?,13-/m1/s1. The van der Waals surface area contributed by atoms with Crippen molar-refractivity contribution in [3.05, 3.63) is 35.9 Å². The first kappa shape index (κ1) is 14.5. The molecule has 2 rings (SSSR count). The molecule has 5 nitrogen and oxygen atoms in total. The number of nitrogens with one attached hydrogen (secondary N) is 1. The summed E-state index contributed by atoms with van der Waals surface area (Å²) in [5.41, 5.74) is 0.892. The zero-order valence-electron chi connectivity index (χ0n) is 11.4. The summed E-state index contributed by atoms with van der Waals surface area (Å²) < 4.78 is 5.12. The van der Waals surface area contributed by atoms with Crippen molar-refractivity contribution in [1.29, 1.82) is 0 Å². The molecule has 1 saturated carbocycles. The number of benzene rings is 1. The minimum atomic E-state index is -1.01. The molecule has 0 spiro atoms. The first-order valence-electron chi connectivity index (χ1n) is 6.70. The van der Waals surface area contributed by atoms with Gasteiger partial charge in [0, 0.05) is 19.4 Å². The molecule has 0 aliphatic heterocycles. The average molecular weight is 277 g/mol. The van der Waals surface area contributed by atoms with E-state index in [0.717, 1.165) is 5.56 Å². The van der Waals surface area contributed by atoms with Crippen molar-refractivity contribution in [3.63, 3.8) is 0 Å². The van der Waals surface area contributed by atoms with Crippen LogP contribution in [0, 0.1) is 5.92 Å². The third kappa shape index (κ3) is 3.57. The van der Waals surface area contributed by atoms with Crippen molar-refractivity contribution in [3.8, 4) is 0 Å². The molecule has 0 bridgehead atoms. The predicted octanol–water partition coefficient (Wildman–Crippen LogP) is 1.22. The lowest BCUT2D eigenvalue weighted by Crippen LogP contribution is -2.49. The molecule has 1 aromatic rings. The first-order valence-corrected chi connectivity index (χ1v) is 6.70. The van der Waals surface area contributed by atoms with Gasteiger partial charge in [-0.2, -0.15) is 0 Å². The van der Waals surface area contributed by atoms with Gasteiger partial charge in [-0.3, -0.25) is 4.79 Å². The lowest BCUT2D eigenvalue weighted by atomic mass is 9.81. The van der Waals surface area contributed by atoms with Gasteiger partial charge >= 0.3 is 5.97 Å². The third-order valence-electron chi connectivity index (χ3n) is 3.70. The number of amides is 1. The van der Waals surface area contributed by atoms with Crippen molar-refractivity contribution in [2.24, 2.45) is 5.92 Å². The zero-order valence-corrected chi connectivity index (χ0v) is 11.4. The number of hydrogen-bond donors (Lipinski definition) is 2. The first-order chi connectivity index (χ1) is 9.60. The van der Waals surface area contributed by atoms with E-state index >= 15 is 0 Å². The zero-order chi connectivity index (χ0) is 14.5. The fourth-order valence-corrected chi connectivity index (χ4v) is 2.31. The van der Waals surface area contributed by atoms with Crippen LogP contribution in [0.5, 0.6) is 0 Å². The third-order valence-corrected chi connectivity index (χ3v) is 3.70. The molecule has 20 heavy (non-hydrogen) atoms. The van der Waals surface area contributed by atoms with Gasteiger partial charge in [0.25, 0.3) is 0 Å². The largest absolute Gasteiger partial charge is 0.480 e. The maximum Gasteiger partial charge on any atom is 0.326 e. The van der Waals surface area contributed by atoms with Crippen LogP contribution in [0.15, 0.2) is 30.3 Å². The van der Waals surface area contributed by atoms with Crippen LogP contribution in [0.3, 0.4) is 0 Å². The molecule has 1 atom stereocenters. The number of ether oxygens (including phenoxy) is 1. The van der Waals surface area contributed by atoms with Gasteiger partial charge in [-0.25, -0.2) is 4.79 Å². The molecule has 0 unspecified atom stereocenters. The summed E-state index contributed by atoms with van der Waals surface area (Å²) in [4.78, 5) is 23.2. The number of carbonyl (C=O) groups is 2. The molecule has 1 aliphatic carbocycles. The number of methoxy groups -OCH3 is 1. The van der Waals surface area contributed by atoms with Crippen molar-refractivity contribution in [2.45, 2.75) is 31.4 Å². The molecule has 2 N–H and O–H groups in total. The van der Waals surface area contributed by atoms with Crippen molar-refractivity contribution in [2.75, 3.05) is 7.11 Å². The van der Waals surface area contributed by atoms with Crippen LogP contribution in [0.1, 0.15) is 18.4 Å². The fraction of sp³-hybridized carbons (Fsp3) is 0.467. The van der Waals surface area contributed by atoms with Gasteiger partial charge < -0.3 is 15.2 Å². The van der Waals surface area contributed by atoms with Crippen molar-refractivity contribution < 1.29 is 19.4 Å². The molecule has 1 aromatic carbocycles. The van der Waals surface area contributed by atoms with Crippen molar-refractivity contribution in [1.82, 2.24) is 5.32 Å². The smallest absolute Gasteiger partial charge is 0.326 e. The summed E-state index contributed by atoms with van der Waals surface area (Å²) in [6.45, 7) is 0. The minimum Gasteiger partial charge on any atom is -0.480 e. The van der Waals surface area contributed by atoms with E-state index in [0.29, 0.717) is 19.3 Å². The highest BCUT2D eigenvalue weighted by molar-refractivity contribution is 5.85. The summed E-state index contributed by atoms with van der Waals surface area (Å²) >= 11 is 0. The van der Waals surface area contributed by atoms with E-state index in [1.807, 2.05) is 30.3 Å². The van der Waals surface area contributed by atoms with Gasteiger partial charge in [0.1, 0.15) is 6.04 Å². The lowest BCUT2D eigenvalue weighted by Gasteiger charge is -2.33. The molecule has 0 heterocycles. The Labute approximate surface area is 117 Å². The van der Waals surface area contributed by atoms with E-state index in [2.05, 4.69) is 5.32 Å². The minimum absolute atomic E-state index is 0.127. The van der Waals surface area contributed by atoms with Crippen LogP contribution >= 0.6 is 0 Å². The van der Waals surface area contributed by atoms with E-state index in [-0.39, 0.29) is 17.9 Å².